The summed E-state index contributed by atoms with van der Waals surface area (Å²) in [5, 5.41) is 18.8. The van der Waals surface area contributed by atoms with Gasteiger partial charge in [-0.2, -0.15) is 0 Å². The molecular weight excluding hydrogens is 221 g/mol. The van der Waals surface area contributed by atoms with E-state index in [1.807, 2.05) is 0 Å². The van der Waals surface area contributed by atoms with Gasteiger partial charge in [0.25, 0.3) is 0 Å². The molecule has 1 heterocycles. The van der Waals surface area contributed by atoms with Crippen LogP contribution in [-0.4, -0.2) is 62.1 Å². The molecule has 0 bridgehead atoms. The molecule has 0 saturated carbocycles. The number of aliphatic hydroxyl groups excluding tert-OH is 2. The predicted molar refractivity (Wildman–Crippen MR) is 64.8 cm³/mol. The Morgan fingerprint density at radius 3 is 2.59 bits per heavy atom. The van der Waals surface area contributed by atoms with Crippen molar-refractivity contribution in [1.82, 2.24) is 0 Å². The van der Waals surface area contributed by atoms with Gasteiger partial charge in [-0.05, 0) is 19.4 Å². The van der Waals surface area contributed by atoms with Gasteiger partial charge in [0.2, 0.25) is 0 Å². The van der Waals surface area contributed by atoms with E-state index in [9.17, 15) is 5.11 Å². The van der Waals surface area contributed by atoms with E-state index in [1.165, 1.54) is 0 Å². The lowest BCUT2D eigenvalue weighted by molar-refractivity contribution is -0.0541. The third kappa shape index (κ3) is 4.56. The van der Waals surface area contributed by atoms with Crippen LogP contribution in [0.4, 0.5) is 0 Å². The molecule has 0 aromatic rings. The van der Waals surface area contributed by atoms with Gasteiger partial charge in [0.1, 0.15) is 26.2 Å². The standard InChI is InChI=1S/C11H22BNO4/c12-11-9(15)10(8(7-14)17-11)16-6-4-2-1-3-5-13/h8-11,14-15H,1-7,13H2/t8-,9+,10?,11-/m1/s1. The first-order chi connectivity index (χ1) is 8.20. The van der Waals surface area contributed by atoms with Crippen molar-refractivity contribution in [3.05, 3.63) is 0 Å². The first-order valence-electron chi connectivity index (χ1n) is 6.22. The Kier molecular flexibility index (Phi) is 7.07. The second-order valence-electron chi connectivity index (χ2n) is 4.35. The summed E-state index contributed by atoms with van der Waals surface area (Å²) in [4.78, 5) is 0. The number of hydrogen-bond acceptors (Lipinski definition) is 5. The smallest absolute Gasteiger partial charge is 0.113 e. The van der Waals surface area contributed by atoms with E-state index < -0.39 is 24.3 Å². The Bertz CT molecular complexity index is 208. The second kappa shape index (κ2) is 8.05. The second-order valence-corrected chi connectivity index (χ2v) is 4.35. The molecule has 17 heavy (non-hydrogen) atoms. The topological polar surface area (TPSA) is 84.9 Å². The van der Waals surface area contributed by atoms with Gasteiger partial charge < -0.3 is 25.4 Å². The Labute approximate surface area is 104 Å². The highest BCUT2D eigenvalue weighted by Crippen LogP contribution is 2.22. The van der Waals surface area contributed by atoms with Crippen molar-refractivity contribution in [1.29, 1.82) is 0 Å². The van der Waals surface area contributed by atoms with Gasteiger partial charge >= 0.3 is 0 Å². The zero-order valence-electron chi connectivity index (χ0n) is 10.1. The Morgan fingerprint density at radius 2 is 1.94 bits per heavy atom. The van der Waals surface area contributed by atoms with Crippen LogP contribution in [0.1, 0.15) is 25.7 Å². The molecule has 0 amide bonds. The SMILES string of the molecule is [B][C@@H]1O[C@H](CO)C(OCCCCCCN)[C@@H]1O. The highest BCUT2D eigenvalue weighted by atomic mass is 16.6. The molecule has 6 heteroatoms. The molecular formula is C11H22BNO4. The van der Waals surface area contributed by atoms with Crippen LogP contribution < -0.4 is 5.73 Å². The first-order valence-corrected chi connectivity index (χ1v) is 6.22. The minimum atomic E-state index is -0.865. The number of ether oxygens (including phenoxy) is 2. The third-order valence-corrected chi connectivity index (χ3v) is 2.96. The molecule has 1 rings (SSSR count). The summed E-state index contributed by atoms with van der Waals surface area (Å²) >= 11 is 0. The maximum Gasteiger partial charge on any atom is 0.113 e. The third-order valence-electron chi connectivity index (χ3n) is 2.96. The van der Waals surface area contributed by atoms with Crippen LogP contribution >= 0.6 is 0 Å². The molecule has 1 saturated heterocycles. The van der Waals surface area contributed by atoms with Crippen molar-refractivity contribution in [3.8, 4) is 0 Å². The fraction of sp³-hybridized carbons (Fsp3) is 1.00. The van der Waals surface area contributed by atoms with Gasteiger partial charge in [0.05, 0.1) is 6.61 Å². The van der Waals surface area contributed by atoms with E-state index in [0.29, 0.717) is 6.61 Å². The molecule has 1 aliphatic rings. The van der Waals surface area contributed by atoms with Gasteiger partial charge in [0.15, 0.2) is 0 Å². The highest BCUT2D eigenvalue weighted by Gasteiger charge is 2.41. The normalized spacial score (nSPS) is 33.1. The van der Waals surface area contributed by atoms with Crippen LogP contribution in [0.15, 0.2) is 0 Å². The van der Waals surface area contributed by atoms with Crippen molar-refractivity contribution in [2.45, 2.75) is 50.0 Å². The van der Waals surface area contributed by atoms with Gasteiger partial charge in [0, 0.05) is 12.6 Å². The van der Waals surface area contributed by atoms with Crippen molar-refractivity contribution in [3.63, 3.8) is 0 Å². The lowest BCUT2D eigenvalue weighted by Gasteiger charge is -2.19. The Balaban J connectivity index is 2.16. The van der Waals surface area contributed by atoms with Crippen LogP contribution in [0.3, 0.4) is 0 Å². The van der Waals surface area contributed by atoms with Crippen LogP contribution in [0.5, 0.6) is 0 Å². The Morgan fingerprint density at radius 1 is 1.24 bits per heavy atom. The lowest BCUT2D eigenvalue weighted by Crippen LogP contribution is -2.37. The van der Waals surface area contributed by atoms with E-state index in [2.05, 4.69) is 0 Å². The van der Waals surface area contributed by atoms with Crippen molar-refractivity contribution < 1.29 is 19.7 Å². The van der Waals surface area contributed by atoms with Crippen LogP contribution in [0.2, 0.25) is 0 Å². The molecule has 2 radical (unpaired) electrons. The van der Waals surface area contributed by atoms with E-state index in [0.717, 1.165) is 32.2 Å². The van der Waals surface area contributed by atoms with E-state index in [4.69, 9.17) is 28.2 Å². The van der Waals surface area contributed by atoms with E-state index >= 15 is 0 Å². The summed E-state index contributed by atoms with van der Waals surface area (Å²) in [5.41, 5.74) is 5.39. The molecule has 0 spiro atoms. The molecule has 98 valence electrons. The van der Waals surface area contributed by atoms with Gasteiger partial charge in [-0.15, -0.1) is 0 Å². The maximum atomic E-state index is 9.70. The monoisotopic (exact) mass is 243 g/mol. The summed E-state index contributed by atoms with van der Waals surface area (Å²) in [5.74, 6) is 0. The molecule has 1 fully saturated rings. The van der Waals surface area contributed by atoms with Crippen molar-refractivity contribution in [2.75, 3.05) is 19.8 Å². The molecule has 1 unspecified atom stereocenters. The van der Waals surface area contributed by atoms with Crippen molar-refractivity contribution >= 4 is 7.85 Å². The fourth-order valence-electron chi connectivity index (χ4n) is 1.94. The fourth-order valence-corrected chi connectivity index (χ4v) is 1.94. The number of unbranched alkanes of at least 4 members (excludes halogenated alkanes) is 3. The summed E-state index contributed by atoms with van der Waals surface area (Å²) in [6.07, 6.45) is 2.17. The van der Waals surface area contributed by atoms with Crippen molar-refractivity contribution in [2.24, 2.45) is 5.73 Å². The van der Waals surface area contributed by atoms with Crippen LogP contribution in [0.25, 0.3) is 0 Å². The lowest BCUT2D eigenvalue weighted by atomic mass is 9.93. The average Bonchev–Trinajstić information content (AvgIpc) is 2.60. The number of rotatable bonds is 8. The van der Waals surface area contributed by atoms with Gasteiger partial charge in [-0.25, -0.2) is 0 Å². The zero-order chi connectivity index (χ0) is 12.7. The molecule has 0 aromatic heterocycles. The summed E-state index contributed by atoms with van der Waals surface area (Å²) in [6.45, 7) is 1.07. The van der Waals surface area contributed by atoms with Crippen LogP contribution in [-0.2, 0) is 9.47 Å². The molecule has 5 nitrogen and oxygen atoms in total. The summed E-state index contributed by atoms with van der Waals surface area (Å²) in [6, 6.07) is -0.769. The average molecular weight is 243 g/mol. The predicted octanol–water partition coefficient (Wildman–Crippen LogP) is -0.863. The highest BCUT2D eigenvalue weighted by molar-refractivity contribution is 6.11. The maximum absolute atomic E-state index is 9.70. The van der Waals surface area contributed by atoms with Gasteiger partial charge in [-0.3, -0.25) is 0 Å². The molecule has 0 aliphatic carbocycles. The van der Waals surface area contributed by atoms with Crippen LogP contribution in [0, 0.1) is 0 Å². The zero-order valence-corrected chi connectivity index (χ0v) is 10.1. The summed E-state index contributed by atoms with van der Waals surface area (Å²) in [7, 11) is 5.53. The minimum absolute atomic E-state index is 0.192. The molecule has 4 N–H and O–H groups in total. The quantitative estimate of drug-likeness (QED) is 0.381. The number of hydrogen-bond donors (Lipinski definition) is 3. The number of aliphatic hydroxyl groups is 2. The largest absolute Gasteiger partial charge is 0.394 e. The molecule has 0 aromatic carbocycles. The molecule has 4 atom stereocenters. The minimum Gasteiger partial charge on any atom is -0.394 e. The van der Waals surface area contributed by atoms with Gasteiger partial charge in [-0.1, -0.05) is 12.8 Å². The van der Waals surface area contributed by atoms with E-state index in [-0.39, 0.29) is 6.61 Å². The number of nitrogens with two attached hydrogens (primary N) is 1. The van der Waals surface area contributed by atoms with E-state index in [1.54, 1.807) is 0 Å². The first kappa shape index (κ1) is 14.9. The molecule has 1 aliphatic heterocycles. The summed E-state index contributed by atoms with van der Waals surface area (Å²) < 4.78 is 10.7. The Hall–Kier alpha value is -0.135.